The molecular weight excluding hydrogens is 204 g/mol. The molecule has 88 valence electrons. The van der Waals surface area contributed by atoms with Gasteiger partial charge in [0, 0.05) is 6.42 Å². The van der Waals surface area contributed by atoms with Crippen LogP contribution in [0.5, 0.6) is 5.75 Å². The fourth-order valence-electron chi connectivity index (χ4n) is 2.04. The van der Waals surface area contributed by atoms with Crippen LogP contribution < -0.4 is 4.74 Å². The van der Waals surface area contributed by atoms with E-state index >= 15 is 0 Å². The van der Waals surface area contributed by atoms with Crippen LogP contribution >= 0.6 is 0 Å². The van der Waals surface area contributed by atoms with E-state index in [2.05, 4.69) is 6.92 Å². The minimum atomic E-state index is -0.129. The largest absolute Gasteiger partial charge is 0.497 e. The fourth-order valence-corrected chi connectivity index (χ4v) is 2.04. The van der Waals surface area contributed by atoms with Crippen molar-refractivity contribution in [2.24, 2.45) is 0 Å². The molecule has 0 bridgehead atoms. The van der Waals surface area contributed by atoms with Crippen molar-refractivity contribution in [3.63, 3.8) is 0 Å². The van der Waals surface area contributed by atoms with E-state index in [1.165, 1.54) is 5.56 Å². The molecule has 0 spiro atoms. The number of rotatable bonds is 2. The first-order valence-electron chi connectivity index (χ1n) is 5.64. The molecule has 16 heavy (non-hydrogen) atoms. The summed E-state index contributed by atoms with van der Waals surface area (Å²) >= 11 is 0. The lowest BCUT2D eigenvalue weighted by Crippen LogP contribution is -2.30. The summed E-state index contributed by atoms with van der Waals surface area (Å²) in [6, 6.07) is 8.02. The van der Waals surface area contributed by atoms with E-state index in [4.69, 9.17) is 14.2 Å². The van der Waals surface area contributed by atoms with E-state index in [-0.39, 0.29) is 18.5 Å². The summed E-state index contributed by atoms with van der Waals surface area (Å²) in [6.07, 6.45) is 1.15. The van der Waals surface area contributed by atoms with Gasteiger partial charge in [0.2, 0.25) is 0 Å². The molecule has 1 fully saturated rings. The Labute approximate surface area is 96.3 Å². The summed E-state index contributed by atoms with van der Waals surface area (Å²) in [5.74, 6) is 0.872. The Kier molecular flexibility index (Phi) is 3.46. The summed E-state index contributed by atoms with van der Waals surface area (Å²) in [6.45, 7) is 4.02. The second-order valence-electron chi connectivity index (χ2n) is 4.15. The molecule has 1 aromatic rings. The molecule has 1 saturated heterocycles. The molecule has 1 aliphatic rings. The van der Waals surface area contributed by atoms with E-state index in [1.54, 1.807) is 7.11 Å². The zero-order chi connectivity index (χ0) is 11.5. The monoisotopic (exact) mass is 222 g/mol. The van der Waals surface area contributed by atoms with Crippen molar-refractivity contribution in [2.75, 3.05) is 7.11 Å². The van der Waals surface area contributed by atoms with Gasteiger partial charge in [-0.3, -0.25) is 0 Å². The highest BCUT2D eigenvalue weighted by molar-refractivity contribution is 5.28. The van der Waals surface area contributed by atoms with E-state index in [9.17, 15) is 0 Å². The van der Waals surface area contributed by atoms with E-state index in [1.807, 2.05) is 31.2 Å². The van der Waals surface area contributed by atoms with E-state index in [0.29, 0.717) is 0 Å². The molecule has 3 heteroatoms. The molecule has 0 aliphatic carbocycles. The molecule has 1 heterocycles. The van der Waals surface area contributed by atoms with Gasteiger partial charge in [-0.05, 0) is 31.5 Å². The van der Waals surface area contributed by atoms with E-state index < -0.39 is 0 Å². The first kappa shape index (κ1) is 11.4. The number of benzene rings is 1. The molecule has 0 aromatic heterocycles. The third kappa shape index (κ3) is 2.54. The van der Waals surface area contributed by atoms with Gasteiger partial charge in [-0.25, -0.2) is 0 Å². The molecule has 0 radical (unpaired) electrons. The first-order chi connectivity index (χ1) is 7.69. The number of methoxy groups -OCH3 is 1. The Balaban J connectivity index is 2.10. The van der Waals surface area contributed by atoms with Crippen LogP contribution in [-0.2, 0) is 9.47 Å². The Morgan fingerprint density at radius 3 is 2.38 bits per heavy atom. The van der Waals surface area contributed by atoms with Gasteiger partial charge in [0.1, 0.15) is 5.75 Å². The number of hydrogen-bond acceptors (Lipinski definition) is 3. The Hall–Kier alpha value is -1.06. The predicted molar refractivity (Wildman–Crippen MR) is 61.4 cm³/mol. The molecular formula is C13H18O3. The van der Waals surface area contributed by atoms with Gasteiger partial charge in [0.05, 0.1) is 19.3 Å². The lowest BCUT2D eigenvalue weighted by atomic mass is 10.0. The summed E-state index contributed by atoms with van der Waals surface area (Å²) in [4.78, 5) is 0. The molecule has 1 aliphatic heterocycles. The van der Waals surface area contributed by atoms with Gasteiger partial charge in [0.25, 0.3) is 0 Å². The second kappa shape index (κ2) is 4.85. The predicted octanol–water partition coefficient (Wildman–Crippen LogP) is 2.91. The van der Waals surface area contributed by atoms with Gasteiger partial charge in [-0.2, -0.15) is 0 Å². The molecule has 2 rings (SSSR count). The average Bonchev–Trinajstić information content (AvgIpc) is 2.28. The molecule has 0 N–H and O–H groups in total. The number of hydrogen-bond donors (Lipinski definition) is 0. The summed E-state index contributed by atoms with van der Waals surface area (Å²) in [5.41, 5.74) is 1.18. The van der Waals surface area contributed by atoms with Crippen LogP contribution in [-0.4, -0.2) is 19.5 Å². The lowest BCUT2D eigenvalue weighted by molar-refractivity contribution is -0.231. The van der Waals surface area contributed by atoms with Crippen LogP contribution in [0.3, 0.4) is 0 Å². The normalized spacial score (nSPS) is 30.1. The maximum absolute atomic E-state index is 5.75. The van der Waals surface area contributed by atoms with Gasteiger partial charge in [-0.15, -0.1) is 0 Å². The van der Waals surface area contributed by atoms with Crippen LogP contribution in [0, 0.1) is 0 Å². The first-order valence-corrected chi connectivity index (χ1v) is 5.64. The third-order valence-corrected chi connectivity index (χ3v) is 2.81. The Morgan fingerprint density at radius 1 is 1.12 bits per heavy atom. The quantitative estimate of drug-likeness (QED) is 0.770. The maximum Gasteiger partial charge on any atom is 0.155 e. The van der Waals surface area contributed by atoms with Crippen LogP contribution in [0.1, 0.15) is 31.9 Å². The maximum atomic E-state index is 5.75. The Bertz CT molecular complexity index is 324. The Morgan fingerprint density at radius 2 is 1.81 bits per heavy atom. The molecule has 1 aromatic carbocycles. The van der Waals surface area contributed by atoms with Gasteiger partial charge >= 0.3 is 0 Å². The minimum Gasteiger partial charge on any atom is -0.497 e. The van der Waals surface area contributed by atoms with Crippen molar-refractivity contribution in [3.8, 4) is 5.75 Å². The molecule has 0 unspecified atom stereocenters. The van der Waals surface area contributed by atoms with Crippen LogP contribution in [0.2, 0.25) is 0 Å². The van der Waals surface area contributed by atoms with Crippen LogP contribution in [0.15, 0.2) is 24.3 Å². The molecule has 3 atom stereocenters. The summed E-state index contributed by atoms with van der Waals surface area (Å²) in [7, 11) is 1.67. The highest BCUT2D eigenvalue weighted by atomic mass is 16.7. The zero-order valence-corrected chi connectivity index (χ0v) is 9.97. The van der Waals surface area contributed by atoms with Crippen LogP contribution in [0.25, 0.3) is 0 Å². The van der Waals surface area contributed by atoms with Gasteiger partial charge < -0.3 is 14.2 Å². The zero-order valence-electron chi connectivity index (χ0n) is 9.97. The fraction of sp³-hybridized carbons (Fsp3) is 0.538. The van der Waals surface area contributed by atoms with Crippen molar-refractivity contribution in [3.05, 3.63) is 29.8 Å². The van der Waals surface area contributed by atoms with Crippen molar-refractivity contribution in [1.29, 1.82) is 0 Å². The van der Waals surface area contributed by atoms with Crippen molar-refractivity contribution >= 4 is 0 Å². The van der Waals surface area contributed by atoms with Crippen molar-refractivity contribution in [2.45, 2.75) is 38.8 Å². The van der Waals surface area contributed by atoms with Gasteiger partial charge in [0.15, 0.2) is 6.29 Å². The smallest absolute Gasteiger partial charge is 0.155 e. The highest BCUT2D eigenvalue weighted by Crippen LogP contribution is 2.31. The standard InChI is InChI=1S/C13H18O3/c1-9-8-13(16-10(2)15-9)11-4-6-12(14-3)7-5-11/h4-7,9-10,13H,8H2,1-3H3/t9-,10-,13-/m1/s1. The van der Waals surface area contributed by atoms with Crippen LogP contribution in [0.4, 0.5) is 0 Å². The average molecular weight is 222 g/mol. The van der Waals surface area contributed by atoms with Crippen molar-refractivity contribution < 1.29 is 14.2 Å². The summed E-state index contributed by atoms with van der Waals surface area (Å²) < 4.78 is 16.4. The lowest BCUT2D eigenvalue weighted by Gasteiger charge is -2.32. The third-order valence-electron chi connectivity index (χ3n) is 2.81. The SMILES string of the molecule is COc1ccc([C@H]2C[C@@H](C)O[C@@H](C)O2)cc1. The molecule has 0 amide bonds. The highest BCUT2D eigenvalue weighted by Gasteiger charge is 2.25. The minimum absolute atomic E-state index is 0.129. The van der Waals surface area contributed by atoms with E-state index in [0.717, 1.165) is 12.2 Å². The molecule has 3 nitrogen and oxygen atoms in total. The number of ether oxygens (including phenoxy) is 3. The molecule has 0 saturated carbocycles. The van der Waals surface area contributed by atoms with Crippen molar-refractivity contribution in [1.82, 2.24) is 0 Å². The second-order valence-corrected chi connectivity index (χ2v) is 4.15. The van der Waals surface area contributed by atoms with Gasteiger partial charge in [-0.1, -0.05) is 12.1 Å². The topological polar surface area (TPSA) is 27.7 Å². The summed E-state index contributed by atoms with van der Waals surface area (Å²) in [5, 5.41) is 0.